The Bertz CT molecular complexity index is 600. The summed E-state index contributed by atoms with van der Waals surface area (Å²) in [5.74, 6) is -0.751. The van der Waals surface area contributed by atoms with Crippen LogP contribution in [0, 0.1) is 0 Å². The molecular weight excluding hydrogens is 303 g/mol. The quantitative estimate of drug-likeness (QED) is 0.800. The summed E-state index contributed by atoms with van der Waals surface area (Å²) in [5, 5.41) is 0. The van der Waals surface area contributed by atoms with Crippen LogP contribution in [0.2, 0.25) is 0 Å². The van der Waals surface area contributed by atoms with Crippen molar-refractivity contribution < 1.29 is 32.2 Å². The Morgan fingerprint density at radius 3 is 2.55 bits per heavy atom. The highest BCUT2D eigenvalue weighted by Crippen LogP contribution is 2.33. The molecule has 0 bridgehead atoms. The van der Waals surface area contributed by atoms with Crippen LogP contribution in [0.25, 0.3) is 0 Å². The third-order valence-corrected chi connectivity index (χ3v) is 3.36. The lowest BCUT2D eigenvalue weighted by molar-refractivity contribution is -0.161. The molecule has 1 amide bonds. The Hall–Kier alpha value is -2.25. The number of carbonyl (C=O) groups excluding carboxylic acids is 2. The van der Waals surface area contributed by atoms with Crippen LogP contribution in [0.5, 0.6) is 11.5 Å². The van der Waals surface area contributed by atoms with Crippen LogP contribution in [0.15, 0.2) is 18.2 Å². The van der Waals surface area contributed by atoms with Crippen molar-refractivity contribution >= 4 is 11.7 Å². The van der Waals surface area contributed by atoms with Gasteiger partial charge in [0.05, 0.1) is 6.04 Å². The van der Waals surface area contributed by atoms with Crippen molar-refractivity contribution in [1.82, 2.24) is 4.90 Å². The number of carbonyl (C=O) groups is 2. The summed E-state index contributed by atoms with van der Waals surface area (Å²) in [6.45, 7) is 1.42. The lowest BCUT2D eigenvalue weighted by Crippen LogP contribution is -2.42. The molecule has 0 N–H and O–H groups in total. The minimum Gasteiger partial charge on any atom is -0.454 e. The minimum atomic E-state index is -4.60. The first-order chi connectivity index (χ1) is 10.2. The number of hydrogen-bond donors (Lipinski definition) is 0. The van der Waals surface area contributed by atoms with Gasteiger partial charge in [0.25, 0.3) is 0 Å². The van der Waals surface area contributed by atoms with Crippen LogP contribution in [-0.4, -0.2) is 42.6 Å². The number of likely N-dealkylation sites (N-methyl/N-ethyl adjacent to an activating group) is 1. The van der Waals surface area contributed by atoms with Gasteiger partial charge in [-0.2, -0.15) is 13.2 Å². The molecule has 1 aromatic rings. The molecule has 22 heavy (non-hydrogen) atoms. The van der Waals surface area contributed by atoms with Crippen LogP contribution < -0.4 is 9.47 Å². The second-order valence-corrected chi connectivity index (χ2v) is 4.90. The van der Waals surface area contributed by atoms with Crippen LogP contribution in [0.3, 0.4) is 0 Å². The normalized spacial score (nSPS) is 14.6. The first kappa shape index (κ1) is 16.1. The molecule has 1 atom stereocenters. The number of Topliss-reactive ketones (excluding diaryl/α,β-unsaturated/α-hetero) is 1. The van der Waals surface area contributed by atoms with E-state index in [0.29, 0.717) is 11.5 Å². The van der Waals surface area contributed by atoms with Gasteiger partial charge in [-0.3, -0.25) is 9.59 Å². The van der Waals surface area contributed by atoms with Crippen molar-refractivity contribution in [3.05, 3.63) is 23.8 Å². The lowest BCUT2D eigenvalue weighted by Gasteiger charge is -2.24. The summed E-state index contributed by atoms with van der Waals surface area (Å²) >= 11 is 0. The van der Waals surface area contributed by atoms with Gasteiger partial charge in [0, 0.05) is 12.6 Å². The maximum Gasteiger partial charge on any atom is 0.397 e. The zero-order chi connectivity index (χ0) is 16.5. The van der Waals surface area contributed by atoms with Crippen LogP contribution >= 0.6 is 0 Å². The van der Waals surface area contributed by atoms with Crippen molar-refractivity contribution in [1.29, 1.82) is 0 Å². The van der Waals surface area contributed by atoms with Crippen LogP contribution in [0.1, 0.15) is 23.7 Å². The van der Waals surface area contributed by atoms with E-state index < -0.39 is 30.3 Å². The molecule has 0 radical (unpaired) electrons. The Morgan fingerprint density at radius 1 is 1.27 bits per heavy atom. The fourth-order valence-electron chi connectivity index (χ4n) is 1.98. The van der Waals surface area contributed by atoms with Gasteiger partial charge in [0.2, 0.25) is 12.7 Å². The first-order valence-electron chi connectivity index (χ1n) is 6.45. The van der Waals surface area contributed by atoms with E-state index in [-0.39, 0.29) is 12.4 Å². The van der Waals surface area contributed by atoms with Gasteiger partial charge >= 0.3 is 6.18 Å². The first-order valence-corrected chi connectivity index (χ1v) is 6.45. The van der Waals surface area contributed by atoms with E-state index in [0.717, 1.165) is 4.90 Å². The third-order valence-electron chi connectivity index (χ3n) is 3.36. The summed E-state index contributed by atoms with van der Waals surface area (Å²) < 4.78 is 47.0. The molecule has 8 heteroatoms. The average Bonchev–Trinajstić information content (AvgIpc) is 2.90. The molecule has 120 valence electrons. The van der Waals surface area contributed by atoms with E-state index >= 15 is 0 Å². The van der Waals surface area contributed by atoms with Crippen molar-refractivity contribution in [2.45, 2.75) is 25.6 Å². The number of fused-ring (bicyclic) bond motifs is 1. The molecule has 1 aromatic carbocycles. The molecule has 0 spiro atoms. The lowest BCUT2D eigenvalue weighted by atomic mass is 10.0. The Morgan fingerprint density at radius 2 is 1.91 bits per heavy atom. The second-order valence-electron chi connectivity index (χ2n) is 4.90. The zero-order valence-electron chi connectivity index (χ0n) is 11.9. The highest BCUT2D eigenvalue weighted by molar-refractivity contribution is 6.02. The summed E-state index contributed by atoms with van der Waals surface area (Å²) in [7, 11) is 1.17. The Balaban J connectivity index is 2.10. The van der Waals surface area contributed by atoms with Crippen LogP contribution in [-0.2, 0) is 4.79 Å². The number of hydrogen-bond acceptors (Lipinski definition) is 4. The van der Waals surface area contributed by atoms with E-state index in [4.69, 9.17) is 9.47 Å². The number of halogens is 3. The smallest absolute Gasteiger partial charge is 0.397 e. The zero-order valence-corrected chi connectivity index (χ0v) is 11.9. The molecule has 0 saturated heterocycles. The number of ketones is 1. The highest BCUT2D eigenvalue weighted by atomic mass is 19.4. The summed E-state index contributed by atoms with van der Waals surface area (Å²) in [4.78, 5) is 24.6. The van der Waals surface area contributed by atoms with E-state index in [1.54, 1.807) is 6.07 Å². The van der Waals surface area contributed by atoms with Crippen molar-refractivity contribution in [2.24, 2.45) is 0 Å². The SMILES string of the molecule is C[C@@H](C(=O)c1ccc2c(c1)OCO2)N(C)C(=O)CC(F)(F)F. The molecule has 0 saturated carbocycles. The number of alkyl halides is 3. The van der Waals surface area contributed by atoms with E-state index in [2.05, 4.69) is 0 Å². The molecular formula is C14H14F3NO4. The molecule has 1 heterocycles. The Kier molecular flexibility index (Phi) is 4.30. The van der Waals surface area contributed by atoms with Crippen molar-refractivity contribution in [2.75, 3.05) is 13.8 Å². The van der Waals surface area contributed by atoms with Crippen molar-refractivity contribution in [3.63, 3.8) is 0 Å². The van der Waals surface area contributed by atoms with E-state index in [1.807, 2.05) is 0 Å². The van der Waals surface area contributed by atoms with Gasteiger partial charge < -0.3 is 14.4 Å². The summed E-state index contributed by atoms with van der Waals surface area (Å²) in [5.41, 5.74) is 0.239. The van der Waals surface area contributed by atoms with Gasteiger partial charge in [-0.1, -0.05) is 0 Å². The molecule has 2 rings (SSSR count). The molecule has 1 aliphatic heterocycles. The number of benzene rings is 1. The molecule has 0 aromatic heterocycles. The monoisotopic (exact) mass is 317 g/mol. The predicted molar refractivity (Wildman–Crippen MR) is 69.8 cm³/mol. The highest BCUT2D eigenvalue weighted by Gasteiger charge is 2.35. The van der Waals surface area contributed by atoms with E-state index in [1.165, 1.54) is 26.1 Å². The third kappa shape index (κ3) is 3.49. The van der Waals surface area contributed by atoms with Gasteiger partial charge in [-0.15, -0.1) is 0 Å². The summed E-state index contributed by atoms with van der Waals surface area (Å²) in [6.07, 6.45) is -6.20. The van der Waals surface area contributed by atoms with Crippen molar-refractivity contribution in [3.8, 4) is 11.5 Å². The topological polar surface area (TPSA) is 55.8 Å². The second kappa shape index (κ2) is 5.86. The standard InChI is InChI=1S/C14H14F3NO4/c1-8(18(2)12(19)6-14(15,16)17)13(20)9-3-4-10-11(5-9)22-7-21-10/h3-5,8H,6-7H2,1-2H3/t8-/m0/s1. The molecule has 1 aliphatic rings. The molecule has 0 aliphatic carbocycles. The maximum atomic E-state index is 12.3. The maximum absolute atomic E-state index is 12.3. The summed E-state index contributed by atoms with van der Waals surface area (Å²) in [6, 6.07) is 3.45. The van der Waals surface area contributed by atoms with Gasteiger partial charge in [-0.05, 0) is 25.1 Å². The van der Waals surface area contributed by atoms with Gasteiger partial charge in [0.15, 0.2) is 17.3 Å². The number of amides is 1. The average molecular weight is 317 g/mol. The molecule has 0 fully saturated rings. The predicted octanol–water partition coefficient (Wildman–Crippen LogP) is 2.40. The largest absolute Gasteiger partial charge is 0.454 e. The van der Waals surface area contributed by atoms with Crippen LogP contribution in [0.4, 0.5) is 13.2 Å². The van der Waals surface area contributed by atoms with E-state index in [9.17, 15) is 22.8 Å². The van der Waals surface area contributed by atoms with Gasteiger partial charge in [0.1, 0.15) is 6.42 Å². The fourth-order valence-corrected chi connectivity index (χ4v) is 1.98. The Labute approximate surface area is 124 Å². The number of ether oxygens (including phenoxy) is 2. The number of nitrogens with zero attached hydrogens (tertiary/aromatic N) is 1. The molecule has 5 nitrogen and oxygen atoms in total. The minimum absolute atomic E-state index is 0.0481. The number of rotatable bonds is 4. The van der Waals surface area contributed by atoms with Gasteiger partial charge in [-0.25, -0.2) is 0 Å². The fraction of sp³-hybridized carbons (Fsp3) is 0.429. The molecule has 0 unspecified atom stereocenters.